The second-order valence-electron chi connectivity index (χ2n) is 5.62. The van der Waals surface area contributed by atoms with Gasteiger partial charge in [-0.05, 0) is 54.2 Å². The van der Waals surface area contributed by atoms with Crippen molar-refractivity contribution in [3.63, 3.8) is 0 Å². The Bertz CT molecular complexity index is 652. The number of hydrogen-bond donors (Lipinski definition) is 1. The molecule has 0 fully saturated rings. The Morgan fingerprint density at radius 1 is 1.24 bits per heavy atom. The van der Waals surface area contributed by atoms with Crippen LogP contribution in [0.1, 0.15) is 34.8 Å². The first-order valence-corrected chi connectivity index (χ1v) is 7.70. The van der Waals surface area contributed by atoms with Crippen LogP contribution in [0.25, 0.3) is 0 Å². The standard InChI is InChI=1S/C18H19ClO2/c1-12-2-5-15(16(19)10-12)17(20)6-3-13-4-7-18-14(11-13)8-9-21-18/h2,4-5,7,10-11,17,20H,3,6,8-9H2,1H3. The number of ether oxygens (including phenoxy) is 1. The van der Waals surface area contributed by atoms with Crippen LogP contribution in [-0.4, -0.2) is 11.7 Å². The molecule has 0 bridgehead atoms. The van der Waals surface area contributed by atoms with Gasteiger partial charge < -0.3 is 9.84 Å². The van der Waals surface area contributed by atoms with Gasteiger partial charge in [-0.1, -0.05) is 35.9 Å². The lowest BCUT2D eigenvalue weighted by Crippen LogP contribution is -2.01. The molecule has 0 aromatic heterocycles. The van der Waals surface area contributed by atoms with Crippen molar-refractivity contribution in [2.45, 2.75) is 32.3 Å². The van der Waals surface area contributed by atoms with Gasteiger partial charge in [0.15, 0.2) is 0 Å². The molecule has 2 aromatic carbocycles. The van der Waals surface area contributed by atoms with Gasteiger partial charge in [-0.25, -0.2) is 0 Å². The maximum atomic E-state index is 10.3. The van der Waals surface area contributed by atoms with Gasteiger partial charge in [0.1, 0.15) is 5.75 Å². The summed E-state index contributed by atoms with van der Waals surface area (Å²) in [7, 11) is 0. The maximum Gasteiger partial charge on any atom is 0.122 e. The minimum atomic E-state index is -0.525. The molecule has 2 aromatic rings. The van der Waals surface area contributed by atoms with E-state index in [-0.39, 0.29) is 0 Å². The van der Waals surface area contributed by atoms with Crippen LogP contribution < -0.4 is 4.74 Å². The molecule has 3 heteroatoms. The van der Waals surface area contributed by atoms with E-state index in [1.165, 1.54) is 11.1 Å². The highest BCUT2D eigenvalue weighted by Crippen LogP contribution is 2.29. The summed E-state index contributed by atoms with van der Waals surface area (Å²) in [5.74, 6) is 1.00. The second-order valence-corrected chi connectivity index (χ2v) is 6.03. The zero-order chi connectivity index (χ0) is 14.8. The van der Waals surface area contributed by atoms with Crippen LogP contribution in [0.3, 0.4) is 0 Å². The number of hydrogen-bond acceptors (Lipinski definition) is 2. The minimum absolute atomic E-state index is 0.525. The third-order valence-electron chi connectivity index (χ3n) is 3.98. The van der Waals surface area contributed by atoms with Gasteiger partial charge >= 0.3 is 0 Å². The molecule has 0 saturated carbocycles. The largest absolute Gasteiger partial charge is 0.493 e. The number of benzene rings is 2. The van der Waals surface area contributed by atoms with Crippen LogP contribution in [0.2, 0.25) is 5.02 Å². The Labute approximate surface area is 130 Å². The smallest absolute Gasteiger partial charge is 0.122 e. The number of fused-ring (bicyclic) bond motifs is 1. The maximum absolute atomic E-state index is 10.3. The fraction of sp³-hybridized carbons (Fsp3) is 0.333. The molecule has 110 valence electrons. The Morgan fingerprint density at radius 2 is 2.10 bits per heavy atom. The molecule has 1 unspecified atom stereocenters. The third kappa shape index (κ3) is 3.22. The van der Waals surface area contributed by atoms with Gasteiger partial charge in [0.25, 0.3) is 0 Å². The molecule has 1 aliphatic heterocycles. The monoisotopic (exact) mass is 302 g/mol. The summed E-state index contributed by atoms with van der Waals surface area (Å²) in [6.07, 6.45) is 1.96. The summed E-state index contributed by atoms with van der Waals surface area (Å²) in [4.78, 5) is 0. The Kier molecular flexibility index (Phi) is 4.18. The van der Waals surface area contributed by atoms with E-state index in [9.17, 15) is 5.11 Å². The quantitative estimate of drug-likeness (QED) is 0.915. The molecule has 3 rings (SSSR count). The van der Waals surface area contributed by atoms with Gasteiger partial charge in [0.05, 0.1) is 12.7 Å². The van der Waals surface area contributed by atoms with E-state index in [1.54, 1.807) is 0 Å². The second kappa shape index (κ2) is 6.08. The number of rotatable bonds is 4. The fourth-order valence-corrected chi connectivity index (χ4v) is 3.12. The molecule has 1 N–H and O–H groups in total. The highest BCUT2D eigenvalue weighted by Gasteiger charge is 2.14. The van der Waals surface area contributed by atoms with E-state index in [0.29, 0.717) is 11.4 Å². The van der Waals surface area contributed by atoms with E-state index in [0.717, 1.165) is 36.3 Å². The normalized spacial score (nSPS) is 14.6. The zero-order valence-electron chi connectivity index (χ0n) is 12.1. The predicted molar refractivity (Wildman–Crippen MR) is 85.1 cm³/mol. The van der Waals surface area contributed by atoms with Crippen molar-refractivity contribution in [1.29, 1.82) is 0 Å². The molecule has 1 aliphatic rings. The average Bonchev–Trinajstić information content (AvgIpc) is 2.92. The van der Waals surface area contributed by atoms with Crippen LogP contribution in [0.5, 0.6) is 5.75 Å². The van der Waals surface area contributed by atoms with E-state index >= 15 is 0 Å². The first-order chi connectivity index (χ1) is 10.1. The highest BCUT2D eigenvalue weighted by atomic mass is 35.5. The number of aliphatic hydroxyl groups is 1. The fourth-order valence-electron chi connectivity index (χ4n) is 2.76. The van der Waals surface area contributed by atoms with Crippen molar-refractivity contribution in [3.05, 3.63) is 63.7 Å². The summed E-state index contributed by atoms with van der Waals surface area (Å²) < 4.78 is 5.51. The van der Waals surface area contributed by atoms with Crippen molar-refractivity contribution in [2.24, 2.45) is 0 Å². The van der Waals surface area contributed by atoms with E-state index in [1.807, 2.05) is 31.2 Å². The summed E-state index contributed by atoms with van der Waals surface area (Å²) in [5.41, 5.74) is 4.43. The molecule has 0 saturated heterocycles. The van der Waals surface area contributed by atoms with Crippen LogP contribution in [0.15, 0.2) is 36.4 Å². The van der Waals surface area contributed by atoms with Crippen molar-refractivity contribution >= 4 is 11.6 Å². The summed E-state index contributed by atoms with van der Waals surface area (Å²) >= 11 is 6.21. The Hall–Kier alpha value is -1.51. The SMILES string of the molecule is Cc1ccc(C(O)CCc2ccc3c(c2)CCO3)c(Cl)c1. The van der Waals surface area contributed by atoms with E-state index in [4.69, 9.17) is 16.3 Å². The first kappa shape index (κ1) is 14.4. The minimum Gasteiger partial charge on any atom is -0.493 e. The summed E-state index contributed by atoms with van der Waals surface area (Å²) in [6.45, 7) is 2.77. The molecule has 0 amide bonds. The van der Waals surface area contributed by atoms with Crippen LogP contribution in [0.4, 0.5) is 0 Å². The lowest BCUT2D eigenvalue weighted by Gasteiger charge is -2.13. The number of aliphatic hydroxyl groups excluding tert-OH is 1. The molecule has 0 spiro atoms. The summed E-state index contributed by atoms with van der Waals surface area (Å²) in [5, 5.41) is 11.0. The first-order valence-electron chi connectivity index (χ1n) is 7.32. The molecule has 2 nitrogen and oxygen atoms in total. The molecular formula is C18H19ClO2. The van der Waals surface area contributed by atoms with Crippen LogP contribution >= 0.6 is 11.6 Å². The van der Waals surface area contributed by atoms with Gasteiger partial charge in [-0.3, -0.25) is 0 Å². The highest BCUT2D eigenvalue weighted by molar-refractivity contribution is 6.31. The predicted octanol–water partition coefficient (Wildman–Crippen LogP) is 4.25. The Morgan fingerprint density at radius 3 is 2.90 bits per heavy atom. The lowest BCUT2D eigenvalue weighted by atomic mass is 9.99. The molecule has 0 radical (unpaired) electrons. The van der Waals surface area contributed by atoms with Crippen molar-refractivity contribution in [1.82, 2.24) is 0 Å². The van der Waals surface area contributed by atoms with Gasteiger partial charge in [0, 0.05) is 11.4 Å². The van der Waals surface area contributed by atoms with Crippen molar-refractivity contribution in [2.75, 3.05) is 6.61 Å². The number of aryl methyl sites for hydroxylation is 2. The summed E-state index contributed by atoms with van der Waals surface area (Å²) in [6, 6.07) is 12.1. The topological polar surface area (TPSA) is 29.5 Å². The van der Waals surface area contributed by atoms with Crippen LogP contribution in [-0.2, 0) is 12.8 Å². The van der Waals surface area contributed by atoms with Gasteiger partial charge in [-0.15, -0.1) is 0 Å². The Balaban J connectivity index is 1.67. The van der Waals surface area contributed by atoms with Crippen LogP contribution in [0, 0.1) is 6.92 Å². The molecule has 0 aliphatic carbocycles. The molecule has 1 heterocycles. The third-order valence-corrected chi connectivity index (χ3v) is 4.30. The average molecular weight is 303 g/mol. The van der Waals surface area contributed by atoms with Gasteiger partial charge in [-0.2, -0.15) is 0 Å². The van der Waals surface area contributed by atoms with E-state index in [2.05, 4.69) is 12.1 Å². The molecular weight excluding hydrogens is 284 g/mol. The molecule has 21 heavy (non-hydrogen) atoms. The lowest BCUT2D eigenvalue weighted by molar-refractivity contribution is 0.168. The zero-order valence-corrected chi connectivity index (χ0v) is 12.9. The van der Waals surface area contributed by atoms with Crippen molar-refractivity contribution < 1.29 is 9.84 Å². The van der Waals surface area contributed by atoms with Gasteiger partial charge in [0.2, 0.25) is 0 Å². The van der Waals surface area contributed by atoms with E-state index < -0.39 is 6.10 Å². The van der Waals surface area contributed by atoms with Crippen molar-refractivity contribution in [3.8, 4) is 5.75 Å². The number of halogens is 1. The molecule has 1 atom stereocenters.